The van der Waals surface area contributed by atoms with Crippen LogP contribution in [0.1, 0.15) is 30.0 Å². The second-order valence-electron chi connectivity index (χ2n) is 7.36. The molecule has 4 rings (SSSR count). The number of aromatic nitrogens is 2. The van der Waals surface area contributed by atoms with E-state index in [1.807, 2.05) is 12.1 Å². The quantitative estimate of drug-likeness (QED) is 0.666. The molecule has 5 nitrogen and oxygen atoms in total. The second-order valence-corrected chi connectivity index (χ2v) is 7.36. The lowest BCUT2D eigenvalue weighted by Crippen LogP contribution is -2.34. The lowest BCUT2D eigenvalue weighted by molar-refractivity contribution is 0.196. The van der Waals surface area contributed by atoms with Gasteiger partial charge >= 0.3 is 0 Å². The van der Waals surface area contributed by atoms with Crippen LogP contribution in [0.15, 0.2) is 42.6 Å². The Hall–Kier alpha value is -2.93. The van der Waals surface area contributed by atoms with Crippen molar-refractivity contribution in [1.82, 2.24) is 15.1 Å². The van der Waals surface area contributed by atoms with E-state index in [4.69, 9.17) is 4.74 Å². The summed E-state index contributed by atoms with van der Waals surface area (Å²) in [5, 5.41) is 17.5. The Kier molecular flexibility index (Phi) is 5.49. The number of H-pyrrole nitrogens is 1. The van der Waals surface area contributed by atoms with Crippen molar-refractivity contribution in [2.75, 3.05) is 20.2 Å². The zero-order valence-corrected chi connectivity index (χ0v) is 16.2. The van der Waals surface area contributed by atoms with Crippen molar-refractivity contribution >= 4 is 0 Å². The van der Waals surface area contributed by atoms with E-state index >= 15 is 0 Å². The smallest absolute Gasteiger partial charge is 0.162 e. The molecule has 0 spiro atoms. The minimum absolute atomic E-state index is 0.108. The van der Waals surface area contributed by atoms with Crippen molar-refractivity contribution in [3.05, 3.63) is 65.5 Å². The van der Waals surface area contributed by atoms with E-state index in [0.717, 1.165) is 49.3 Å². The Balaban J connectivity index is 1.56. The fourth-order valence-corrected chi connectivity index (χ4v) is 4.06. The summed E-state index contributed by atoms with van der Waals surface area (Å²) in [5.41, 5.74) is 2.43. The molecule has 0 saturated carbocycles. The Morgan fingerprint density at radius 2 is 2.10 bits per heavy atom. The molecule has 1 unspecified atom stereocenters. The molecular weight excluding hydrogens is 376 g/mol. The molecule has 2 N–H and O–H groups in total. The highest BCUT2D eigenvalue weighted by atomic mass is 19.1. The molecule has 7 heteroatoms. The first-order chi connectivity index (χ1) is 14.1. The number of para-hydroxylation sites is 1. The predicted octanol–water partition coefficient (Wildman–Crippen LogP) is 4.45. The number of hydrogen-bond donors (Lipinski definition) is 2. The van der Waals surface area contributed by atoms with Gasteiger partial charge in [-0.1, -0.05) is 12.1 Å². The Bertz CT molecular complexity index is 1010. The minimum Gasteiger partial charge on any atom is -0.504 e. The van der Waals surface area contributed by atoms with Crippen LogP contribution in [0.25, 0.3) is 11.1 Å². The van der Waals surface area contributed by atoms with Crippen molar-refractivity contribution in [1.29, 1.82) is 0 Å². The van der Waals surface area contributed by atoms with Crippen LogP contribution in [0.4, 0.5) is 8.78 Å². The molecule has 3 aromatic rings. The van der Waals surface area contributed by atoms with Crippen LogP contribution in [0, 0.1) is 11.6 Å². The highest BCUT2D eigenvalue weighted by molar-refractivity contribution is 5.66. The van der Waals surface area contributed by atoms with Gasteiger partial charge in [-0.25, -0.2) is 8.78 Å². The number of rotatable bonds is 5. The number of phenolic OH excluding ortho intramolecular Hbond substituents is 1. The maximum atomic E-state index is 14.3. The summed E-state index contributed by atoms with van der Waals surface area (Å²) in [6, 6.07) is 8.92. The van der Waals surface area contributed by atoms with Crippen LogP contribution < -0.4 is 4.74 Å². The van der Waals surface area contributed by atoms with Crippen molar-refractivity contribution in [3.8, 4) is 22.6 Å². The molecule has 0 radical (unpaired) electrons. The number of halogens is 2. The van der Waals surface area contributed by atoms with E-state index in [1.165, 1.54) is 13.2 Å². The van der Waals surface area contributed by atoms with Gasteiger partial charge in [-0.15, -0.1) is 0 Å². The lowest BCUT2D eigenvalue weighted by atomic mass is 9.90. The number of nitrogens with zero attached hydrogens (tertiary/aromatic N) is 2. The summed E-state index contributed by atoms with van der Waals surface area (Å²) in [4.78, 5) is 2.25. The average Bonchev–Trinajstić information content (AvgIpc) is 3.21. The number of phenols is 1. The largest absolute Gasteiger partial charge is 0.504 e. The van der Waals surface area contributed by atoms with E-state index in [2.05, 4.69) is 15.1 Å². The van der Waals surface area contributed by atoms with Gasteiger partial charge in [-0.3, -0.25) is 10.00 Å². The van der Waals surface area contributed by atoms with Gasteiger partial charge in [0.2, 0.25) is 0 Å². The van der Waals surface area contributed by atoms with Crippen LogP contribution in [-0.4, -0.2) is 40.4 Å². The molecule has 1 atom stereocenters. The van der Waals surface area contributed by atoms with Crippen molar-refractivity contribution in [2.24, 2.45) is 0 Å². The van der Waals surface area contributed by atoms with E-state index in [9.17, 15) is 13.9 Å². The number of ether oxygens (including phenoxy) is 1. The summed E-state index contributed by atoms with van der Waals surface area (Å²) in [7, 11) is 1.53. The highest BCUT2D eigenvalue weighted by Gasteiger charge is 2.26. The Labute approximate surface area is 167 Å². The molecule has 1 fully saturated rings. The van der Waals surface area contributed by atoms with Gasteiger partial charge in [-0.05, 0) is 43.7 Å². The normalized spacial score (nSPS) is 17.4. The average molecular weight is 399 g/mol. The number of aromatic hydroxyl groups is 1. The molecule has 1 saturated heterocycles. The zero-order chi connectivity index (χ0) is 20.4. The van der Waals surface area contributed by atoms with E-state index < -0.39 is 11.6 Å². The van der Waals surface area contributed by atoms with Gasteiger partial charge in [0.05, 0.1) is 13.3 Å². The van der Waals surface area contributed by atoms with E-state index in [0.29, 0.717) is 17.9 Å². The van der Waals surface area contributed by atoms with Gasteiger partial charge in [0, 0.05) is 41.4 Å². The molecule has 1 aliphatic rings. The third-order valence-electron chi connectivity index (χ3n) is 5.50. The SMILES string of the molecule is COc1cccc(CN2CCCC(c3[nH]ncc3-c3cc(F)ccc3F)C2)c1O. The molecule has 1 aromatic heterocycles. The topological polar surface area (TPSA) is 61.4 Å². The lowest BCUT2D eigenvalue weighted by Gasteiger charge is -2.33. The maximum Gasteiger partial charge on any atom is 0.162 e. The van der Waals surface area contributed by atoms with E-state index in [-0.39, 0.29) is 17.2 Å². The third-order valence-corrected chi connectivity index (χ3v) is 5.50. The summed E-state index contributed by atoms with van der Waals surface area (Å²) in [6.45, 7) is 2.20. The number of methoxy groups -OCH3 is 1. The number of nitrogens with one attached hydrogen (secondary N) is 1. The molecule has 0 bridgehead atoms. The number of benzene rings is 2. The number of piperidine rings is 1. The molecule has 0 aliphatic carbocycles. The first-order valence-electron chi connectivity index (χ1n) is 9.62. The van der Waals surface area contributed by atoms with E-state index in [1.54, 1.807) is 12.3 Å². The minimum atomic E-state index is -0.479. The molecule has 2 aromatic carbocycles. The summed E-state index contributed by atoms with van der Waals surface area (Å²) in [5.74, 6) is -0.235. The molecule has 29 heavy (non-hydrogen) atoms. The van der Waals surface area contributed by atoms with Gasteiger partial charge in [0.15, 0.2) is 11.5 Å². The van der Waals surface area contributed by atoms with Gasteiger partial charge < -0.3 is 9.84 Å². The zero-order valence-electron chi connectivity index (χ0n) is 16.2. The summed E-state index contributed by atoms with van der Waals surface area (Å²) >= 11 is 0. The Morgan fingerprint density at radius 1 is 1.24 bits per heavy atom. The van der Waals surface area contributed by atoms with Crippen molar-refractivity contribution < 1.29 is 18.6 Å². The molecule has 2 heterocycles. The van der Waals surface area contributed by atoms with Crippen LogP contribution in [0.5, 0.6) is 11.5 Å². The fourth-order valence-electron chi connectivity index (χ4n) is 4.06. The van der Waals surface area contributed by atoms with Crippen LogP contribution in [-0.2, 0) is 6.54 Å². The van der Waals surface area contributed by atoms with Crippen LogP contribution in [0.2, 0.25) is 0 Å². The molecule has 152 valence electrons. The third kappa shape index (κ3) is 3.96. The first kappa shape index (κ1) is 19.4. The predicted molar refractivity (Wildman–Crippen MR) is 106 cm³/mol. The van der Waals surface area contributed by atoms with Gasteiger partial charge in [-0.2, -0.15) is 5.10 Å². The monoisotopic (exact) mass is 399 g/mol. The van der Waals surface area contributed by atoms with Gasteiger partial charge in [0.25, 0.3) is 0 Å². The van der Waals surface area contributed by atoms with Crippen LogP contribution >= 0.6 is 0 Å². The Morgan fingerprint density at radius 3 is 2.93 bits per heavy atom. The maximum absolute atomic E-state index is 14.3. The fraction of sp³-hybridized carbons (Fsp3) is 0.318. The second kappa shape index (κ2) is 8.21. The van der Waals surface area contributed by atoms with Crippen molar-refractivity contribution in [3.63, 3.8) is 0 Å². The molecule has 0 amide bonds. The molecular formula is C22H23F2N3O2. The van der Waals surface area contributed by atoms with Crippen molar-refractivity contribution in [2.45, 2.75) is 25.3 Å². The summed E-state index contributed by atoms with van der Waals surface area (Å²) < 4.78 is 33.2. The number of hydrogen-bond acceptors (Lipinski definition) is 4. The number of aromatic amines is 1. The summed E-state index contributed by atoms with van der Waals surface area (Å²) in [6.07, 6.45) is 3.44. The highest BCUT2D eigenvalue weighted by Crippen LogP contribution is 2.36. The number of likely N-dealkylation sites (tertiary alicyclic amines) is 1. The first-order valence-corrected chi connectivity index (χ1v) is 9.62. The standard InChI is InChI=1S/C22H23F2N3O2/c1-29-20-6-2-4-15(22(20)28)13-27-9-3-5-14(12-27)21-18(11-25-26-21)17-10-16(23)7-8-19(17)24/h2,4,6-8,10-11,14,28H,3,5,9,12-13H2,1H3,(H,25,26). The molecule has 1 aliphatic heterocycles. The van der Waals surface area contributed by atoms with Gasteiger partial charge in [0.1, 0.15) is 11.6 Å². The van der Waals surface area contributed by atoms with Crippen LogP contribution in [0.3, 0.4) is 0 Å².